The molecule has 1 rings (SSSR count). The molecule has 0 saturated heterocycles. The lowest BCUT2D eigenvalue weighted by atomic mass is 9.97. The summed E-state index contributed by atoms with van der Waals surface area (Å²) in [6.45, 7) is 6.10. The van der Waals surface area contributed by atoms with Crippen LogP contribution in [0.5, 0.6) is 0 Å². The second-order valence-corrected chi connectivity index (χ2v) is 5.06. The number of aliphatic hydroxyl groups excluding tert-OH is 1. The number of hydrogen-bond donors (Lipinski definition) is 1. The van der Waals surface area contributed by atoms with Gasteiger partial charge in [-0.1, -0.05) is 18.7 Å². The van der Waals surface area contributed by atoms with Crippen molar-refractivity contribution < 1.29 is 38.7 Å². The summed E-state index contributed by atoms with van der Waals surface area (Å²) in [5, 5.41) is 9.55. The molecule has 2 atom stereocenters. The number of esters is 2. The second-order valence-electron chi connectivity index (χ2n) is 5.06. The number of ether oxygens (including phenoxy) is 2. The van der Waals surface area contributed by atoms with Crippen molar-refractivity contribution in [3.63, 3.8) is 0 Å². The second kappa shape index (κ2) is 9.55. The standard InChI is InChI=1S/C17H20O8/c1-5-14(19)23-11(3)24-25-16(20)13-8-6-7-12(9-10(2)18)15(13)17(21)22-4/h5-8,10-11,18H,1,9H2,2-4H3. The van der Waals surface area contributed by atoms with Crippen LogP contribution < -0.4 is 0 Å². The summed E-state index contributed by atoms with van der Waals surface area (Å²) < 4.78 is 9.37. The van der Waals surface area contributed by atoms with E-state index >= 15 is 0 Å². The van der Waals surface area contributed by atoms with Gasteiger partial charge in [-0.3, -0.25) is 4.89 Å². The van der Waals surface area contributed by atoms with Crippen molar-refractivity contribution in [2.75, 3.05) is 7.11 Å². The van der Waals surface area contributed by atoms with Crippen LogP contribution in [-0.4, -0.2) is 42.5 Å². The molecule has 25 heavy (non-hydrogen) atoms. The van der Waals surface area contributed by atoms with E-state index in [4.69, 9.17) is 4.74 Å². The van der Waals surface area contributed by atoms with E-state index in [0.29, 0.717) is 5.56 Å². The summed E-state index contributed by atoms with van der Waals surface area (Å²) in [6.07, 6.45) is -0.836. The molecule has 0 aromatic heterocycles. The van der Waals surface area contributed by atoms with E-state index in [9.17, 15) is 19.5 Å². The first-order valence-corrected chi connectivity index (χ1v) is 7.39. The van der Waals surface area contributed by atoms with Crippen molar-refractivity contribution in [3.8, 4) is 0 Å². The highest BCUT2D eigenvalue weighted by atomic mass is 17.2. The van der Waals surface area contributed by atoms with Gasteiger partial charge in [-0.25, -0.2) is 14.4 Å². The molecule has 0 spiro atoms. The average molecular weight is 352 g/mol. The predicted molar refractivity (Wildman–Crippen MR) is 85.4 cm³/mol. The van der Waals surface area contributed by atoms with Crippen LogP contribution in [0.15, 0.2) is 30.9 Å². The maximum atomic E-state index is 12.2. The fourth-order valence-corrected chi connectivity index (χ4v) is 1.99. The zero-order chi connectivity index (χ0) is 19.0. The number of carbonyl (C=O) groups excluding carboxylic acids is 3. The minimum Gasteiger partial charge on any atom is -0.465 e. The molecule has 2 unspecified atom stereocenters. The third-order valence-corrected chi connectivity index (χ3v) is 2.98. The van der Waals surface area contributed by atoms with Gasteiger partial charge < -0.3 is 14.6 Å². The fraction of sp³-hybridized carbons (Fsp3) is 0.353. The first-order valence-electron chi connectivity index (χ1n) is 7.39. The van der Waals surface area contributed by atoms with Crippen molar-refractivity contribution in [1.29, 1.82) is 0 Å². The van der Waals surface area contributed by atoms with Gasteiger partial charge in [-0.05, 0) is 25.0 Å². The first kappa shape index (κ1) is 20.3. The monoisotopic (exact) mass is 352 g/mol. The van der Waals surface area contributed by atoms with Gasteiger partial charge in [-0.2, -0.15) is 0 Å². The molecule has 0 radical (unpaired) electrons. The van der Waals surface area contributed by atoms with E-state index in [1.165, 1.54) is 26.2 Å². The van der Waals surface area contributed by atoms with Gasteiger partial charge >= 0.3 is 17.9 Å². The first-order chi connectivity index (χ1) is 11.8. The smallest absolute Gasteiger partial charge is 0.374 e. The topological polar surface area (TPSA) is 108 Å². The highest BCUT2D eigenvalue weighted by Gasteiger charge is 2.24. The average Bonchev–Trinajstić information content (AvgIpc) is 2.58. The molecular weight excluding hydrogens is 332 g/mol. The molecule has 1 aromatic carbocycles. The summed E-state index contributed by atoms with van der Waals surface area (Å²) >= 11 is 0. The van der Waals surface area contributed by atoms with E-state index in [2.05, 4.69) is 21.1 Å². The summed E-state index contributed by atoms with van der Waals surface area (Å²) in [7, 11) is 1.17. The van der Waals surface area contributed by atoms with E-state index in [1.54, 1.807) is 13.0 Å². The van der Waals surface area contributed by atoms with Gasteiger partial charge in [0.2, 0.25) is 6.29 Å². The van der Waals surface area contributed by atoms with Gasteiger partial charge in [-0.15, -0.1) is 4.89 Å². The SMILES string of the molecule is C=CC(=O)OC(C)OOC(=O)c1cccc(CC(C)O)c1C(=O)OC. The van der Waals surface area contributed by atoms with Crippen LogP contribution in [0.1, 0.15) is 40.1 Å². The van der Waals surface area contributed by atoms with E-state index < -0.39 is 30.3 Å². The van der Waals surface area contributed by atoms with Gasteiger partial charge in [0, 0.05) is 13.0 Å². The minimum atomic E-state index is -1.17. The van der Waals surface area contributed by atoms with Crippen LogP contribution >= 0.6 is 0 Å². The third kappa shape index (κ3) is 6.02. The molecular formula is C17H20O8. The number of aliphatic hydroxyl groups is 1. The van der Waals surface area contributed by atoms with Crippen molar-refractivity contribution in [1.82, 2.24) is 0 Å². The van der Waals surface area contributed by atoms with Gasteiger partial charge in [0.15, 0.2) is 0 Å². The molecule has 8 nitrogen and oxygen atoms in total. The Morgan fingerprint density at radius 2 is 1.92 bits per heavy atom. The molecule has 0 fully saturated rings. The van der Waals surface area contributed by atoms with Crippen LogP contribution in [0.25, 0.3) is 0 Å². The Morgan fingerprint density at radius 3 is 2.48 bits per heavy atom. The minimum absolute atomic E-state index is 0.0322. The van der Waals surface area contributed by atoms with Crippen LogP contribution in [0.4, 0.5) is 0 Å². The Kier molecular flexibility index (Phi) is 7.77. The molecule has 0 aliphatic carbocycles. The molecule has 0 aliphatic rings. The van der Waals surface area contributed by atoms with Crippen LogP contribution in [-0.2, 0) is 30.5 Å². The maximum absolute atomic E-state index is 12.2. The van der Waals surface area contributed by atoms with E-state index in [1.807, 2.05) is 0 Å². The van der Waals surface area contributed by atoms with Gasteiger partial charge in [0.25, 0.3) is 0 Å². The van der Waals surface area contributed by atoms with Crippen LogP contribution in [0.2, 0.25) is 0 Å². The molecule has 0 aliphatic heterocycles. The zero-order valence-electron chi connectivity index (χ0n) is 14.2. The van der Waals surface area contributed by atoms with E-state index in [-0.39, 0.29) is 17.5 Å². The Bertz CT molecular complexity index is 650. The van der Waals surface area contributed by atoms with E-state index in [0.717, 1.165) is 6.08 Å². The fourth-order valence-electron chi connectivity index (χ4n) is 1.99. The molecule has 0 amide bonds. The molecule has 8 heteroatoms. The highest BCUT2D eigenvalue weighted by Crippen LogP contribution is 2.19. The van der Waals surface area contributed by atoms with Crippen molar-refractivity contribution >= 4 is 17.9 Å². The van der Waals surface area contributed by atoms with Crippen molar-refractivity contribution in [3.05, 3.63) is 47.5 Å². The largest absolute Gasteiger partial charge is 0.465 e. The lowest BCUT2D eigenvalue weighted by Gasteiger charge is -2.14. The Hall–Kier alpha value is -2.71. The lowest BCUT2D eigenvalue weighted by Crippen LogP contribution is -2.21. The Morgan fingerprint density at radius 1 is 1.24 bits per heavy atom. The number of methoxy groups -OCH3 is 1. The van der Waals surface area contributed by atoms with Crippen molar-refractivity contribution in [2.24, 2.45) is 0 Å². The quantitative estimate of drug-likeness (QED) is 0.247. The molecule has 1 N–H and O–H groups in total. The van der Waals surface area contributed by atoms with Crippen molar-refractivity contribution in [2.45, 2.75) is 32.7 Å². The lowest BCUT2D eigenvalue weighted by molar-refractivity contribution is -0.323. The molecule has 0 saturated carbocycles. The maximum Gasteiger partial charge on any atom is 0.374 e. The summed E-state index contributed by atoms with van der Waals surface area (Å²) in [6, 6.07) is 4.47. The zero-order valence-corrected chi connectivity index (χ0v) is 14.2. The van der Waals surface area contributed by atoms with Gasteiger partial charge in [0.05, 0.1) is 24.3 Å². The Balaban J connectivity index is 2.98. The molecule has 0 bridgehead atoms. The number of hydrogen-bond acceptors (Lipinski definition) is 8. The molecule has 0 heterocycles. The summed E-state index contributed by atoms with van der Waals surface area (Å²) in [4.78, 5) is 44.5. The van der Waals surface area contributed by atoms with Crippen LogP contribution in [0, 0.1) is 0 Å². The number of rotatable bonds is 8. The predicted octanol–water partition coefficient (Wildman–Crippen LogP) is 1.56. The Labute approximate surface area is 144 Å². The molecule has 1 aromatic rings. The highest BCUT2D eigenvalue weighted by molar-refractivity contribution is 6.04. The molecule has 136 valence electrons. The number of carbonyl (C=O) groups is 3. The van der Waals surface area contributed by atoms with Gasteiger partial charge in [0.1, 0.15) is 0 Å². The normalized spacial score (nSPS) is 12.6. The third-order valence-electron chi connectivity index (χ3n) is 2.98. The van der Waals surface area contributed by atoms with Crippen LogP contribution in [0.3, 0.4) is 0 Å². The summed E-state index contributed by atoms with van der Waals surface area (Å²) in [5.41, 5.74) is 0.282. The summed E-state index contributed by atoms with van der Waals surface area (Å²) in [5.74, 6) is -2.48. The number of benzene rings is 1.